The Hall–Kier alpha value is -1.06. The van der Waals surface area contributed by atoms with E-state index in [1.165, 1.54) is 0 Å². The molecule has 0 aliphatic rings. The molecule has 0 aromatic carbocycles. The van der Waals surface area contributed by atoms with Gasteiger partial charge in [-0.05, 0) is 24.2 Å². The minimum Gasteiger partial charge on any atom is -0.348 e. The SMILES string of the molecule is CC(C)CCNC(=O)C(=O)NCCC(C)(C)C. The molecular formula is C13H26N2O2. The summed E-state index contributed by atoms with van der Waals surface area (Å²) in [5, 5.41) is 5.24. The van der Waals surface area contributed by atoms with E-state index in [2.05, 4.69) is 45.3 Å². The predicted molar refractivity (Wildman–Crippen MR) is 69.5 cm³/mol. The molecule has 0 radical (unpaired) electrons. The van der Waals surface area contributed by atoms with Crippen LogP contribution in [0.2, 0.25) is 0 Å². The molecule has 17 heavy (non-hydrogen) atoms. The fourth-order valence-electron chi connectivity index (χ4n) is 1.19. The van der Waals surface area contributed by atoms with Crippen molar-refractivity contribution in [2.24, 2.45) is 11.3 Å². The Morgan fingerprint density at radius 1 is 1.00 bits per heavy atom. The first kappa shape index (κ1) is 15.9. The summed E-state index contributed by atoms with van der Waals surface area (Å²) in [5.74, 6) is -0.531. The van der Waals surface area contributed by atoms with Crippen molar-refractivity contribution < 1.29 is 9.59 Å². The van der Waals surface area contributed by atoms with Crippen LogP contribution in [0.3, 0.4) is 0 Å². The molecule has 0 saturated carbocycles. The molecule has 2 N–H and O–H groups in total. The second kappa shape index (κ2) is 7.30. The van der Waals surface area contributed by atoms with Crippen molar-refractivity contribution in [1.29, 1.82) is 0 Å². The number of carbonyl (C=O) groups excluding carboxylic acids is 2. The first-order valence-electron chi connectivity index (χ1n) is 6.28. The van der Waals surface area contributed by atoms with Gasteiger partial charge in [0.15, 0.2) is 0 Å². The van der Waals surface area contributed by atoms with Crippen molar-refractivity contribution in [3.63, 3.8) is 0 Å². The second-order valence-electron chi connectivity index (χ2n) is 6.00. The topological polar surface area (TPSA) is 58.2 Å². The lowest BCUT2D eigenvalue weighted by molar-refractivity contribution is -0.139. The summed E-state index contributed by atoms with van der Waals surface area (Å²) in [7, 11) is 0. The summed E-state index contributed by atoms with van der Waals surface area (Å²) in [4.78, 5) is 22.7. The zero-order valence-electron chi connectivity index (χ0n) is 11.7. The third kappa shape index (κ3) is 9.85. The first-order chi connectivity index (χ1) is 7.72. The molecule has 0 unspecified atom stereocenters. The molecule has 0 atom stereocenters. The molecule has 4 nitrogen and oxygen atoms in total. The van der Waals surface area contributed by atoms with Crippen molar-refractivity contribution in [2.45, 2.75) is 47.5 Å². The molecule has 0 fully saturated rings. The Bertz CT molecular complexity index is 255. The standard InChI is InChI=1S/C13H26N2O2/c1-10(2)6-8-14-11(16)12(17)15-9-7-13(3,4)5/h10H,6-9H2,1-5H3,(H,14,16)(H,15,17). The lowest BCUT2D eigenvalue weighted by Crippen LogP contribution is -2.41. The number of carbonyl (C=O) groups is 2. The number of rotatable bonds is 5. The van der Waals surface area contributed by atoms with Gasteiger partial charge in [0.05, 0.1) is 0 Å². The van der Waals surface area contributed by atoms with E-state index in [0.29, 0.717) is 19.0 Å². The molecule has 0 aromatic heterocycles. The van der Waals surface area contributed by atoms with Crippen molar-refractivity contribution in [2.75, 3.05) is 13.1 Å². The van der Waals surface area contributed by atoms with E-state index < -0.39 is 11.8 Å². The Morgan fingerprint density at radius 2 is 1.47 bits per heavy atom. The van der Waals surface area contributed by atoms with Gasteiger partial charge < -0.3 is 10.6 Å². The van der Waals surface area contributed by atoms with Gasteiger partial charge in [-0.2, -0.15) is 0 Å². The molecule has 0 spiro atoms. The molecule has 4 heteroatoms. The Kier molecular flexibility index (Phi) is 6.85. The fraction of sp³-hybridized carbons (Fsp3) is 0.846. The highest BCUT2D eigenvalue weighted by Crippen LogP contribution is 2.16. The van der Waals surface area contributed by atoms with Crippen molar-refractivity contribution >= 4 is 11.8 Å². The minimum absolute atomic E-state index is 0.168. The molecule has 0 rings (SSSR count). The number of nitrogens with one attached hydrogen (secondary N) is 2. The van der Waals surface area contributed by atoms with Gasteiger partial charge in [-0.3, -0.25) is 9.59 Å². The molecule has 0 aliphatic heterocycles. The number of hydrogen-bond acceptors (Lipinski definition) is 2. The van der Waals surface area contributed by atoms with Crippen molar-refractivity contribution in [3.8, 4) is 0 Å². The predicted octanol–water partition coefficient (Wildman–Crippen LogP) is 1.70. The van der Waals surface area contributed by atoms with Gasteiger partial charge in [0.25, 0.3) is 0 Å². The largest absolute Gasteiger partial charge is 0.348 e. The van der Waals surface area contributed by atoms with Crippen LogP contribution in [0.4, 0.5) is 0 Å². The van der Waals surface area contributed by atoms with Gasteiger partial charge in [-0.15, -0.1) is 0 Å². The fourth-order valence-corrected chi connectivity index (χ4v) is 1.19. The zero-order chi connectivity index (χ0) is 13.5. The van der Waals surface area contributed by atoms with Gasteiger partial charge in [-0.1, -0.05) is 34.6 Å². The highest BCUT2D eigenvalue weighted by Gasteiger charge is 2.14. The highest BCUT2D eigenvalue weighted by atomic mass is 16.2. The Labute approximate surface area is 105 Å². The van der Waals surface area contributed by atoms with Crippen LogP contribution in [0, 0.1) is 11.3 Å². The summed E-state index contributed by atoms with van der Waals surface area (Å²) in [6.07, 6.45) is 1.75. The van der Waals surface area contributed by atoms with Crippen LogP contribution >= 0.6 is 0 Å². The van der Waals surface area contributed by atoms with E-state index in [1.54, 1.807) is 0 Å². The van der Waals surface area contributed by atoms with Crippen LogP contribution < -0.4 is 10.6 Å². The summed E-state index contributed by atoms with van der Waals surface area (Å²) in [6, 6.07) is 0. The lowest BCUT2D eigenvalue weighted by atomic mass is 9.92. The van der Waals surface area contributed by atoms with E-state index in [9.17, 15) is 9.59 Å². The van der Waals surface area contributed by atoms with E-state index >= 15 is 0 Å². The van der Waals surface area contributed by atoms with Crippen molar-refractivity contribution in [3.05, 3.63) is 0 Å². The molecule has 0 aromatic rings. The van der Waals surface area contributed by atoms with Crippen LogP contribution in [0.5, 0.6) is 0 Å². The van der Waals surface area contributed by atoms with Gasteiger partial charge in [0, 0.05) is 13.1 Å². The van der Waals surface area contributed by atoms with E-state index in [1.807, 2.05) is 0 Å². The molecule has 100 valence electrons. The Morgan fingerprint density at radius 3 is 1.88 bits per heavy atom. The van der Waals surface area contributed by atoms with Crippen LogP contribution in [-0.4, -0.2) is 24.9 Å². The molecular weight excluding hydrogens is 216 g/mol. The Balaban J connectivity index is 3.72. The average molecular weight is 242 g/mol. The number of hydrogen-bond donors (Lipinski definition) is 2. The number of amides is 2. The smallest absolute Gasteiger partial charge is 0.309 e. The maximum Gasteiger partial charge on any atom is 0.309 e. The van der Waals surface area contributed by atoms with Crippen molar-refractivity contribution in [1.82, 2.24) is 10.6 Å². The van der Waals surface area contributed by atoms with Crippen LogP contribution in [0.25, 0.3) is 0 Å². The maximum atomic E-state index is 11.4. The molecule has 0 aliphatic carbocycles. The molecule has 2 amide bonds. The maximum absolute atomic E-state index is 11.4. The molecule has 0 bridgehead atoms. The van der Waals surface area contributed by atoms with Gasteiger partial charge >= 0.3 is 11.8 Å². The lowest BCUT2D eigenvalue weighted by Gasteiger charge is -2.17. The zero-order valence-corrected chi connectivity index (χ0v) is 11.7. The quantitative estimate of drug-likeness (QED) is 0.721. The van der Waals surface area contributed by atoms with E-state index in [-0.39, 0.29) is 5.41 Å². The van der Waals surface area contributed by atoms with Gasteiger partial charge in [0.1, 0.15) is 0 Å². The van der Waals surface area contributed by atoms with Crippen LogP contribution in [-0.2, 0) is 9.59 Å². The van der Waals surface area contributed by atoms with Gasteiger partial charge in [-0.25, -0.2) is 0 Å². The normalized spacial score (nSPS) is 11.4. The highest BCUT2D eigenvalue weighted by molar-refractivity contribution is 6.35. The minimum atomic E-state index is -0.530. The third-order valence-electron chi connectivity index (χ3n) is 2.37. The summed E-state index contributed by atoms with van der Waals surface area (Å²) in [5.41, 5.74) is 0.168. The van der Waals surface area contributed by atoms with E-state index in [4.69, 9.17) is 0 Å². The van der Waals surface area contributed by atoms with E-state index in [0.717, 1.165) is 12.8 Å². The monoisotopic (exact) mass is 242 g/mol. The third-order valence-corrected chi connectivity index (χ3v) is 2.37. The second-order valence-corrected chi connectivity index (χ2v) is 6.00. The van der Waals surface area contributed by atoms with Crippen LogP contribution in [0.1, 0.15) is 47.5 Å². The molecule has 0 heterocycles. The van der Waals surface area contributed by atoms with Crippen LogP contribution in [0.15, 0.2) is 0 Å². The first-order valence-corrected chi connectivity index (χ1v) is 6.28. The molecule has 0 saturated heterocycles. The summed E-state index contributed by atoms with van der Waals surface area (Å²) < 4.78 is 0. The van der Waals surface area contributed by atoms with Gasteiger partial charge in [0.2, 0.25) is 0 Å². The summed E-state index contributed by atoms with van der Waals surface area (Å²) >= 11 is 0. The summed E-state index contributed by atoms with van der Waals surface area (Å²) in [6.45, 7) is 11.6. The average Bonchev–Trinajstić information content (AvgIpc) is 2.14.